The third-order valence-electron chi connectivity index (χ3n) is 6.13. The zero-order valence-corrected chi connectivity index (χ0v) is 17.4. The van der Waals surface area contributed by atoms with E-state index in [-0.39, 0.29) is 0 Å². The number of benzene rings is 3. The van der Waals surface area contributed by atoms with Gasteiger partial charge in [-0.15, -0.1) is 0 Å². The second-order valence-corrected chi connectivity index (χ2v) is 8.56. The van der Waals surface area contributed by atoms with E-state index in [4.69, 9.17) is 10.5 Å². The highest BCUT2D eigenvalue weighted by atomic mass is 16.5. The van der Waals surface area contributed by atoms with Gasteiger partial charge in [0, 0.05) is 11.3 Å². The fourth-order valence-corrected chi connectivity index (χ4v) is 4.31. The summed E-state index contributed by atoms with van der Waals surface area (Å²) in [4.78, 5) is 11.3. The lowest BCUT2D eigenvalue weighted by molar-refractivity contribution is -0.141. The van der Waals surface area contributed by atoms with Crippen LogP contribution >= 0.6 is 0 Å². The molecule has 0 aliphatic heterocycles. The number of nitrogen functional groups attached to an aromatic ring is 1. The van der Waals surface area contributed by atoms with E-state index in [1.54, 1.807) is 6.92 Å². The van der Waals surface area contributed by atoms with Crippen LogP contribution in [0.2, 0.25) is 0 Å². The van der Waals surface area contributed by atoms with Gasteiger partial charge in [-0.05, 0) is 77.4 Å². The Bertz CT molecular complexity index is 1050. The Balaban J connectivity index is 1.70. The Morgan fingerprint density at radius 3 is 2.60 bits per heavy atom. The summed E-state index contributed by atoms with van der Waals surface area (Å²) in [5.41, 5.74) is 9.79. The Labute approximate surface area is 177 Å². The maximum atomic E-state index is 11.3. The average Bonchev–Trinajstić information content (AvgIpc) is 3.25. The maximum Gasteiger partial charge on any atom is 0.306 e. The third kappa shape index (κ3) is 4.59. The van der Waals surface area contributed by atoms with Gasteiger partial charge in [0.1, 0.15) is 5.75 Å². The van der Waals surface area contributed by atoms with Crippen molar-refractivity contribution in [2.75, 3.05) is 12.3 Å². The van der Waals surface area contributed by atoms with Gasteiger partial charge >= 0.3 is 5.97 Å². The van der Waals surface area contributed by atoms with Gasteiger partial charge in [0.15, 0.2) is 0 Å². The van der Waals surface area contributed by atoms with E-state index in [9.17, 15) is 9.90 Å². The van der Waals surface area contributed by atoms with Crippen molar-refractivity contribution >= 4 is 22.4 Å². The van der Waals surface area contributed by atoms with E-state index in [0.29, 0.717) is 12.3 Å². The van der Waals surface area contributed by atoms with Crippen LogP contribution in [0.4, 0.5) is 5.69 Å². The molecule has 0 bridgehead atoms. The van der Waals surface area contributed by atoms with E-state index in [0.717, 1.165) is 45.5 Å². The van der Waals surface area contributed by atoms with Crippen molar-refractivity contribution in [2.24, 2.45) is 11.8 Å². The molecule has 4 heteroatoms. The first-order valence-corrected chi connectivity index (χ1v) is 10.8. The van der Waals surface area contributed by atoms with Crippen molar-refractivity contribution in [2.45, 2.75) is 39.0 Å². The minimum Gasteiger partial charge on any atom is -0.493 e. The summed E-state index contributed by atoms with van der Waals surface area (Å²) in [5.74, 6) is 0.275. The van der Waals surface area contributed by atoms with Crippen LogP contribution in [0, 0.1) is 11.8 Å². The number of carbonyl (C=O) groups is 1. The number of aliphatic carboxylic acids is 1. The second-order valence-electron chi connectivity index (χ2n) is 8.56. The molecule has 156 valence electrons. The number of nitrogens with two attached hydrogens (primary N) is 1. The molecule has 1 aliphatic carbocycles. The van der Waals surface area contributed by atoms with E-state index >= 15 is 0 Å². The molecule has 0 saturated heterocycles. The van der Waals surface area contributed by atoms with Gasteiger partial charge in [0.25, 0.3) is 0 Å². The lowest BCUT2D eigenvalue weighted by atomic mass is 9.95. The Morgan fingerprint density at radius 1 is 1.07 bits per heavy atom. The van der Waals surface area contributed by atoms with Gasteiger partial charge in [0.05, 0.1) is 12.5 Å². The monoisotopic (exact) mass is 403 g/mol. The standard InChI is InChI=1S/C26H29NO3/c1-17(26(28)29)12-19-6-11-25(30-16-18-4-2-3-5-18)24(13-19)21-8-7-20-9-10-23(27)15-22(20)14-21/h6-11,13-15,17-18H,2-5,12,16,27H2,1H3,(H,28,29). The summed E-state index contributed by atoms with van der Waals surface area (Å²) >= 11 is 0. The SMILES string of the molecule is CC(Cc1ccc(OCC2CCCC2)c(-c2ccc3ccc(N)cc3c2)c1)C(=O)O. The number of carboxylic acid groups (broad SMARTS) is 1. The van der Waals surface area contributed by atoms with E-state index in [1.165, 1.54) is 25.7 Å². The number of rotatable bonds is 7. The van der Waals surface area contributed by atoms with E-state index < -0.39 is 11.9 Å². The highest BCUT2D eigenvalue weighted by Gasteiger charge is 2.18. The predicted octanol–water partition coefficient (Wildman–Crippen LogP) is 5.92. The smallest absolute Gasteiger partial charge is 0.306 e. The quantitative estimate of drug-likeness (QED) is 0.480. The summed E-state index contributed by atoms with van der Waals surface area (Å²) < 4.78 is 6.28. The first-order valence-electron chi connectivity index (χ1n) is 10.8. The summed E-state index contributed by atoms with van der Waals surface area (Å²) in [6, 6.07) is 18.3. The highest BCUT2D eigenvalue weighted by Crippen LogP contribution is 2.35. The summed E-state index contributed by atoms with van der Waals surface area (Å²) in [6.07, 6.45) is 5.54. The first kappa shape index (κ1) is 20.3. The lowest BCUT2D eigenvalue weighted by Gasteiger charge is -2.17. The van der Waals surface area contributed by atoms with Crippen LogP contribution in [0.5, 0.6) is 5.75 Å². The molecule has 3 N–H and O–H groups in total. The topological polar surface area (TPSA) is 72.5 Å². The molecule has 0 aromatic heterocycles. The zero-order valence-electron chi connectivity index (χ0n) is 17.4. The predicted molar refractivity (Wildman–Crippen MR) is 122 cm³/mol. The van der Waals surface area contributed by atoms with Gasteiger partial charge in [-0.25, -0.2) is 0 Å². The fourth-order valence-electron chi connectivity index (χ4n) is 4.31. The fraction of sp³-hybridized carbons (Fsp3) is 0.346. The molecule has 0 amide bonds. The molecule has 30 heavy (non-hydrogen) atoms. The molecule has 1 aliphatic rings. The lowest BCUT2D eigenvalue weighted by Crippen LogP contribution is -2.12. The average molecular weight is 404 g/mol. The molecule has 1 unspecified atom stereocenters. The minimum atomic E-state index is -0.778. The molecular formula is C26H29NO3. The highest BCUT2D eigenvalue weighted by molar-refractivity contribution is 5.90. The van der Waals surface area contributed by atoms with Crippen molar-refractivity contribution in [1.29, 1.82) is 0 Å². The number of fused-ring (bicyclic) bond motifs is 1. The van der Waals surface area contributed by atoms with Gasteiger partial charge in [-0.2, -0.15) is 0 Å². The van der Waals surface area contributed by atoms with Crippen LogP contribution in [0.25, 0.3) is 21.9 Å². The summed E-state index contributed by atoms with van der Waals surface area (Å²) in [6.45, 7) is 2.48. The molecule has 0 radical (unpaired) electrons. The molecule has 3 aromatic rings. The first-order chi connectivity index (χ1) is 14.5. The number of ether oxygens (including phenoxy) is 1. The molecule has 1 fully saturated rings. The van der Waals surface area contributed by atoms with Crippen LogP contribution in [0.15, 0.2) is 54.6 Å². The third-order valence-corrected chi connectivity index (χ3v) is 6.13. The van der Waals surface area contributed by atoms with Crippen LogP contribution in [-0.2, 0) is 11.2 Å². The van der Waals surface area contributed by atoms with Gasteiger partial charge < -0.3 is 15.6 Å². The van der Waals surface area contributed by atoms with Gasteiger partial charge in [-0.3, -0.25) is 4.79 Å². The van der Waals surface area contributed by atoms with Crippen molar-refractivity contribution in [3.8, 4) is 16.9 Å². The van der Waals surface area contributed by atoms with Crippen LogP contribution in [-0.4, -0.2) is 17.7 Å². The molecule has 3 aromatic carbocycles. The maximum absolute atomic E-state index is 11.3. The van der Waals surface area contributed by atoms with Crippen LogP contribution < -0.4 is 10.5 Å². The van der Waals surface area contributed by atoms with Crippen LogP contribution in [0.3, 0.4) is 0 Å². The molecule has 0 heterocycles. The normalized spacial score (nSPS) is 15.4. The van der Waals surface area contributed by atoms with Crippen LogP contribution in [0.1, 0.15) is 38.2 Å². The van der Waals surface area contributed by atoms with Crippen molar-refractivity contribution in [1.82, 2.24) is 0 Å². The van der Waals surface area contributed by atoms with E-state index in [2.05, 4.69) is 24.3 Å². The molecule has 0 spiro atoms. The number of hydrogen-bond acceptors (Lipinski definition) is 3. The molecule has 4 rings (SSSR count). The molecular weight excluding hydrogens is 374 g/mol. The van der Waals surface area contributed by atoms with Gasteiger partial charge in [0.2, 0.25) is 0 Å². The largest absolute Gasteiger partial charge is 0.493 e. The minimum absolute atomic E-state index is 0.431. The number of anilines is 1. The van der Waals surface area contributed by atoms with Crippen molar-refractivity contribution in [3.05, 3.63) is 60.2 Å². The Hall–Kier alpha value is -3.01. The second kappa shape index (κ2) is 8.78. The van der Waals surface area contributed by atoms with E-state index in [1.807, 2.05) is 30.3 Å². The molecule has 1 saturated carbocycles. The number of hydrogen-bond donors (Lipinski definition) is 2. The molecule has 1 atom stereocenters. The number of carboxylic acids is 1. The zero-order chi connectivity index (χ0) is 21.1. The Morgan fingerprint density at radius 2 is 1.83 bits per heavy atom. The van der Waals surface area contributed by atoms with Crippen molar-refractivity contribution in [3.63, 3.8) is 0 Å². The Kier molecular flexibility index (Phi) is 5.93. The van der Waals surface area contributed by atoms with Crippen molar-refractivity contribution < 1.29 is 14.6 Å². The van der Waals surface area contributed by atoms with Gasteiger partial charge in [-0.1, -0.05) is 44.0 Å². The summed E-state index contributed by atoms with van der Waals surface area (Å²) in [7, 11) is 0. The summed E-state index contributed by atoms with van der Waals surface area (Å²) in [5, 5.41) is 11.5. The molecule has 4 nitrogen and oxygen atoms in total.